The summed E-state index contributed by atoms with van der Waals surface area (Å²) in [5.74, 6) is -0.696. The molecule has 1 heterocycles. The summed E-state index contributed by atoms with van der Waals surface area (Å²) < 4.78 is 24.7. The number of carbonyl (C=O) groups excluding carboxylic acids is 2. The van der Waals surface area contributed by atoms with Gasteiger partial charge in [0.15, 0.2) is 6.54 Å². The smallest absolute Gasteiger partial charge is 0.411 e. The van der Waals surface area contributed by atoms with E-state index in [9.17, 15) is 14.0 Å². The van der Waals surface area contributed by atoms with Crippen molar-refractivity contribution in [3.05, 3.63) is 53.3 Å². The molecule has 180 valence electrons. The third-order valence-corrected chi connectivity index (χ3v) is 6.25. The average Bonchev–Trinajstić information content (AvgIpc) is 3.10. The lowest BCUT2D eigenvalue weighted by Crippen LogP contribution is -3.00. The van der Waals surface area contributed by atoms with Crippen LogP contribution in [0.15, 0.2) is 42.5 Å². The standard InChI is InChI=1S/C24H28ClFN2O4.BrH/c1-3-31-23(29)16-28(2)13-6-7-18(28)12-14-32-24(30)27-22-9-5-4-8-19(22)17-10-11-21(26)20(25)15-17;/h4-5,8-11,15,18H,3,6-7,12-14,16H2,1-2H3;1H. The summed E-state index contributed by atoms with van der Waals surface area (Å²) in [5.41, 5.74) is 1.94. The second kappa shape index (κ2) is 12.3. The third-order valence-electron chi connectivity index (χ3n) is 5.96. The van der Waals surface area contributed by atoms with Gasteiger partial charge in [0.1, 0.15) is 5.82 Å². The fourth-order valence-electron chi connectivity index (χ4n) is 4.29. The number of likely N-dealkylation sites (tertiary alicyclic amines) is 1. The molecule has 0 aliphatic carbocycles. The number of carbonyl (C=O) groups is 2. The summed E-state index contributed by atoms with van der Waals surface area (Å²) in [6.07, 6.45) is 2.11. The Morgan fingerprint density at radius 3 is 2.70 bits per heavy atom. The van der Waals surface area contributed by atoms with Crippen LogP contribution in [0.4, 0.5) is 14.9 Å². The molecule has 0 bridgehead atoms. The van der Waals surface area contributed by atoms with Crippen LogP contribution in [-0.4, -0.2) is 55.9 Å². The highest BCUT2D eigenvalue weighted by molar-refractivity contribution is 6.31. The van der Waals surface area contributed by atoms with Crippen LogP contribution in [0.5, 0.6) is 0 Å². The van der Waals surface area contributed by atoms with Crippen LogP contribution < -0.4 is 22.3 Å². The number of rotatable bonds is 8. The van der Waals surface area contributed by atoms with Crippen molar-refractivity contribution < 1.29 is 44.9 Å². The van der Waals surface area contributed by atoms with E-state index in [1.54, 1.807) is 25.1 Å². The molecule has 0 aromatic heterocycles. The predicted octanol–water partition coefficient (Wildman–Crippen LogP) is 2.26. The van der Waals surface area contributed by atoms with Crippen LogP contribution in [0.25, 0.3) is 11.1 Å². The van der Waals surface area contributed by atoms with E-state index < -0.39 is 11.9 Å². The number of likely N-dealkylation sites (N-methyl/N-ethyl adjacent to an activating group) is 1. The Hall–Kier alpha value is -2.16. The van der Waals surface area contributed by atoms with Gasteiger partial charge in [0.25, 0.3) is 0 Å². The predicted molar refractivity (Wildman–Crippen MR) is 122 cm³/mol. The minimum absolute atomic E-state index is 0. The molecule has 9 heteroatoms. The molecule has 2 aromatic rings. The lowest BCUT2D eigenvalue weighted by Gasteiger charge is -2.35. The molecule has 6 nitrogen and oxygen atoms in total. The van der Waals surface area contributed by atoms with Gasteiger partial charge in [-0.15, -0.1) is 0 Å². The summed E-state index contributed by atoms with van der Waals surface area (Å²) in [5, 5.41) is 2.78. The lowest BCUT2D eigenvalue weighted by molar-refractivity contribution is -0.914. The maximum atomic E-state index is 13.5. The van der Waals surface area contributed by atoms with E-state index in [2.05, 4.69) is 12.4 Å². The van der Waals surface area contributed by atoms with E-state index in [1.165, 1.54) is 12.1 Å². The van der Waals surface area contributed by atoms with Crippen molar-refractivity contribution >= 4 is 29.4 Å². The maximum absolute atomic E-state index is 13.5. The normalized spacial score (nSPS) is 19.5. The molecule has 0 spiro atoms. The quantitative estimate of drug-likeness (QED) is 0.410. The fraction of sp³-hybridized carbons (Fsp3) is 0.417. The van der Waals surface area contributed by atoms with Crippen molar-refractivity contribution in [3.8, 4) is 11.1 Å². The van der Waals surface area contributed by atoms with Crippen molar-refractivity contribution in [2.45, 2.75) is 32.2 Å². The van der Waals surface area contributed by atoms with Gasteiger partial charge < -0.3 is 30.9 Å². The molecule has 3 rings (SSSR count). The van der Waals surface area contributed by atoms with Crippen molar-refractivity contribution in [1.29, 1.82) is 0 Å². The number of benzene rings is 2. The zero-order valence-corrected chi connectivity index (χ0v) is 21.1. The van der Waals surface area contributed by atoms with Crippen molar-refractivity contribution in [2.75, 3.05) is 38.7 Å². The average molecular weight is 544 g/mol. The highest BCUT2D eigenvalue weighted by atomic mass is 79.9. The second-order valence-corrected chi connectivity index (χ2v) is 8.59. The number of nitrogens with one attached hydrogen (secondary N) is 1. The number of halogens is 3. The number of anilines is 1. The largest absolute Gasteiger partial charge is 1.00 e. The molecule has 1 aliphatic heterocycles. The molecule has 2 unspecified atom stereocenters. The Morgan fingerprint density at radius 1 is 1.21 bits per heavy atom. The molecular formula is C24H29BrClFN2O4. The van der Waals surface area contributed by atoms with Gasteiger partial charge in [-0.2, -0.15) is 0 Å². The van der Waals surface area contributed by atoms with Crippen LogP contribution in [0.1, 0.15) is 26.2 Å². The molecule has 1 fully saturated rings. The summed E-state index contributed by atoms with van der Waals surface area (Å²) in [6, 6.07) is 11.8. The van der Waals surface area contributed by atoms with E-state index in [4.69, 9.17) is 21.1 Å². The number of hydrogen-bond donors (Lipinski definition) is 1. The van der Waals surface area contributed by atoms with E-state index in [0.717, 1.165) is 19.4 Å². The zero-order chi connectivity index (χ0) is 23.1. The number of para-hydroxylation sites is 1. The van der Waals surface area contributed by atoms with Crippen molar-refractivity contribution in [2.24, 2.45) is 0 Å². The highest BCUT2D eigenvalue weighted by Crippen LogP contribution is 2.31. The molecule has 1 N–H and O–H groups in total. The molecular weight excluding hydrogens is 515 g/mol. The number of esters is 1. The van der Waals surface area contributed by atoms with Crippen molar-refractivity contribution in [1.82, 2.24) is 0 Å². The van der Waals surface area contributed by atoms with Crippen molar-refractivity contribution in [3.63, 3.8) is 0 Å². The van der Waals surface area contributed by atoms with E-state index >= 15 is 0 Å². The molecule has 1 amide bonds. The van der Waals surface area contributed by atoms with E-state index in [1.807, 2.05) is 12.1 Å². The summed E-state index contributed by atoms with van der Waals surface area (Å²) in [4.78, 5) is 24.4. The minimum atomic E-state index is -0.566. The summed E-state index contributed by atoms with van der Waals surface area (Å²) in [6.45, 7) is 3.66. The molecule has 33 heavy (non-hydrogen) atoms. The number of amides is 1. The van der Waals surface area contributed by atoms with Crippen LogP contribution in [0, 0.1) is 5.82 Å². The first-order valence-electron chi connectivity index (χ1n) is 10.8. The highest BCUT2D eigenvalue weighted by Gasteiger charge is 2.39. The van der Waals surface area contributed by atoms with Gasteiger partial charge >= 0.3 is 12.1 Å². The lowest BCUT2D eigenvalue weighted by atomic mass is 10.0. The molecule has 1 saturated heterocycles. The first kappa shape index (κ1) is 27.1. The zero-order valence-electron chi connectivity index (χ0n) is 18.8. The van der Waals surface area contributed by atoms with Gasteiger partial charge in [-0.05, 0) is 30.7 Å². The van der Waals surface area contributed by atoms with Gasteiger partial charge in [-0.25, -0.2) is 14.0 Å². The summed E-state index contributed by atoms with van der Waals surface area (Å²) >= 11 is 5.91. The van der Waals surface area contributed by atoms with Gasteiger partial charge in [-0.1, -0.05) is 35.9 Å². The van der Waals surface area contributed by atoms with Gasteiger partial charge in [-0.3, -0.25) is 5.32 Å². The molecule has 0 saturated carbocycles. The number of nitrogens with zero attached hydrogens (tertiary/aromatic N) is 1. The van der Waals surface area contributed by atoms with E-state index in [-0.39, 0.29) is 40.6 Å². The van der Waals surface area contributed by atoms with Gasteiger partial charge in [0.05, 0.1) is 43.6 Å². The topological polar surface area (TPSA) is 64.6 Å². The fourth-order valence-corrected chi connectivity index (χ4v) is 4.47. The van der Waals surface area contributed by atoms with E-state index in [0.29, 0.717) is 40.9 Å². The number of ether oxygens (including phenoxy) is 2. The number of hydrogen-bond acceptors (Lipinski definition) is 4. The molecule has 0 radical (unpaired) electrons. The van der Waals surface area contributed by atoms with Crippen LogP contribution >= 0.6 is 11.6 Å². The monoisotopic (exact) mass is 542 g/mol. The Balaban J connectivity index is 0.00000385. The van der Waals surface area contributed by atoms with Gasteiger partial charge in [0, 0.05) is 24.8 Å². The number of quaternary nitrogens is 1. The Labute approximate surface area is 209 Å². The Bertz CT molecular complexity index is 977. The Kier molecular flexibility index (Phi) is 10.1. The van der Waals surface area contributed by atoms with Crippen LogP contribution in [0.2, 0.25) is 5.02 Å². The van der Waals surface area contributed by atoms with Crippen LogP contribution in [0.3, 0.4) is 0 Å². The van der Waals surface area contributed by atoms with Gasteiger partial charge in [0.2, 0.25) is 0 Å². The first-order chi connectivity index (χ1) is 15.3. The SMILES string of the molecule is CCOC(=O)C[N+]1(C)CCCC1CCOC(=O)Nc1ccccc1-c1ccc(F)c(Cl)c1.[Br-]. The minimum Gasteiger partial charge on any atom is -1.00 e. The second-order valence-electron chi connectivity index (χ2n) is 8.19. The molecule has 2 aromatic carbocycles. The maximum Gasteiger partial charge on any atom is 0.411 e. The first-order valence-corrected chi connectivity index (χ1v) is 11.2. The molecule has 1 aliphatic rings. The Morgan fingerprint density at radius 2 is 1.97 bits per heavy atom. The summed E-state index contributed by atoms with van der Waals surface area (Å²) in [7, 11) is 2.05. The van der Waals surface area contributed by atoms with Crippen LogP contribution in [-0.2, 0) is 14.3 Å². The molecule has 2 atom stereocenters. The third kappa shape index (κ3) is 7.16.